The van der Waals surface area contributed by atoms with Crippen LogP contribution in [0.5, 0.6) is 0 Å². The molecule has 0 aliphatic heterocycles. The number of Topliss-reactive ketones (excluding diaryl/α,β-unsaturated/α-hetero) is 1. The minimum Gasteiger partial charge on any atom is -0.389 e. The maximum atomic E-state index is 12.3. The first-order valence-electron chi connectivity index (χ1n) is 11.5. The number of aliphatic hydroxyl groups is 2. The molecular weight excluding hydrogens is 348 g/mol. The summed E-state index contributed by atoms with van der Waals surface area (Å²) < 4.78 is 0. The highest BCUT2D eigenvalue weighted by Gasteiger charge is 2.57. The molecule has 0 radical (unpaired) electrons. The van der Waals surface area contributed by atoms with E-state index in [9.17, 15) is 15.0 Å². The molecule has 3 nitrogen and oxygen atoms in total. The third-order valence-electron chi connectivity index (χ3n) is 9.13. The summed E-state index contributed by atoms with van der Waals surface area (Å²) in [4.78, 5) is 12.3. The maximum absolute atomic E-state index is 12.3. The highest BCUT2D eigenvalue weighted by atomic mass is 16.3. The van der Waals surface area contributed by atoms with Crippen LogP contribution in [0.1, 0.15) is 71.1 Å². The van der Waals surface area contributed by atoms with Crippen molar-refractivity contribution in [3.63, 3.8) is 0 Å². The Hall–Kier alpha value is -1.11. The van der Waals surface area contributed by atoms with Crippen LogP contribution in [0.25, 0.3) is 0 Å². The molecule has 2 N–H and O–H groups in total. The Morgan fingerprint density at radius 2 is 1.96 bits per heavy atom. The molecule has 0 aromatic heterocycles. The van der Waals surface area contributed by atoms with Crippen molar-refractivity contribution in [1.82, 2.24) is 0 Å². The number of carbonyl (C=O) groups is 1. The fourth-order valence-electron chi connectivity index (χ4n) is 7.50. The summed E-state index contributed by atoms with van der Waals surface area (Å²) >= 11 is 0. The van der Waals surface area contributed by atoms with E-state index in [-0.39, 0.29) is 23.7 Å². The van der Waals surface area contributed by atoms with Gasteiger partial charge >= 0.3 is 0 Å². The first-order valence-corrected chi connectivity index (χ1v) is 11.5. The van der Waals surface area contributed by atoms with Gasteiger partial charge in [-0.25, -0.2) is 0 Å². The summed E-state index contributed by atoms with van der Waals surface area (Å²) in [7, 11) is 0. The van der Waals surface area contributed by atoms with Crippen molar-refractivity contribution in [3.8, 4) is 11.8 Å². The van der Waals surface area contributed by atoms with Gasteiger partial charge in [-0.1, -0.05) is 30.4 Å². The van der Waals surface area contributed by atoms with E-state index < -0.39 is 5.60 Å². The second-order valence-corrected chi connectivity index (χ2v) is 10.6. The van der Waals surface area contributed by atoms with Crippen molar-refractivity contribution in [2.75, 3.05) is 6.61 Å². The molecule has 0 saturated heterocycles. The second kappa shape index (κ2) is 6.71. The Bertz CT molecular complexity index is 753. The molecular formula is C25H34O3. The SMILES string of the molecule is C[C@]12CC[C@H]3[C@@H](CC=C4C[C@@](O)(C#CC5CC5)CC[C@@H]43)[C@@H]1CC[C@@H]2C(=O)CO. The van der Waals surface area contributed by atoms with Gasteiger partial charge in [-0.05, 0) is 86.9 Å². The summed E-state index contributed by atoms with van der Waals surface area (Å²) in [6, 6.07) is 0. The maximum Gasteiger partial charge on any atom is 0.161 e. The standard InChI is InChI=1S/C25H34O3/c1-24-11-9-19-18-10-13-25(28,12-8-16-2-3-16)14-17(18)4-5-20(19)21(24)6-7-22(24)23(27)15-26/h4,16,18-22,26,28H,2-3,5-7,9-11,13-15H2,1H3/t18-,19+,20+,21-,22+,24-,25+/m0/s1. The van der Waals surface area contributed by atoms with E-state index in [0.717, 1.165) is 44.9 Å². The lowest BCUT2D eigenvalue weighted by molar-refractivity contribution is -0.131. The van der Waals surface area contributed by atoms with Crippen LogP contribution in [-0.2, 0) is 4.79 Å². The fourth-order valence-corrected chi connectivity index (χ4v) is 7.50. The Kier molecular flexibility index (Phi) is 4.53. The second-order valence-electron chi connectivity index (χ2n) is 10.6. The predicted octanol–water partition coefficient (Wildman–Crippen LogP) is 3.88. The van der Waals surface area contributed by atoms with Crippen LogP contribution < -0.4 is 0 Å². The molecule has 4 saturated carbocycles. The van der Waals surface area contributed by atoms with E-state index in [0.29, 0.717) is 29.6 Å². The van der Waals surface area contributed by atoms with Gasteiger partial charge in [-0.2, -0.15) is 0 Å². The summed E-state index contributed by atoms with van der Waals surface area (Å²) in [6.07, 6.45) is 13.0. The number of aliphatic hydroxyl groups excluding tert-OH is 1. The van der Waals surface area contributed by atoms with Crippen LogP contribution in [0.4, 0.5) is 0 Å². The summed E-state index contributed by atoms with van der Waals surface area (Å²) in [6.45, 7) is 2.03. The van der Waals surface area contributed by atoms with Crippen molar-refractivity contribution >= 4 is 5.78 Å². The Morgan fingerprint density at radius 1 is 1.14 bits per heavy atom. The van der Waals surface area contributed by atoms with Gasteiger partial charge in [-0.3, -0.25) is 4.79 Å². The molecule has 28 heavy (non-hydrogen) atoms. The number of fused-ring (bicyclic) bond motifs is 5. The first-order chi connectivity index (χ1) is 13.4. The largest absolute Gasteiger partial charge is 0.389 e. The van der Waals surface area contributed by atoms with E-state index in [4.69, 9.17) is 0 Å². The summed E-state index contributed by atoms with van der Waals surface area (Å²) in [5.74, 6) is 9.80. The van der Waals surface area contributed by atoms with Gasteiger partial charge in [0.15, 0.2) is 5.78 Å². The molecule has 5 aliphatic rings. The Labute approximate surface area is 169 Å². The van der Waals surface area contributed by atoms with Gasteiger partial charge in [0.25, 0.3) is 0 Å². The van der Waals surface area contributed by atoms with E-state index in [1.807, 2.05) is 0 Å². The third-order valence-corrected chi connectivity index (χ3v) is 9.13. The van der Waals surface area contributed by atoms with Crippen LogP contribution in [0.2, 0.25) is 0 Å². The van der Waals surface area contributed by atoms with E-state index in [1.54, 1.807) is 0 Å². The molecule has 0 spiro atoms. The number of hydrogen-bond donors (Lipinski definition) is 2. The van der Waals surface area contributed by atoms with Crippen LogP contribution >= 0.6 is 0 Å². The molecule has 7 atom stereocenters. The zero-order chi connectivity index (χ0) is 19.5. The minimum atomic E-state index is -0.799. The van der Waals surface area contributed by atoms with Crippen LogP contribution in [0.15, 0.2) is 11.6 Å². The summed E-state index contributed by atoms with van der Waals surface area (Å²) in [5.41, 5.74) is 0.745. The monoisotopic (exact) mass is 382 g/mol. The molecule has 0 aromatic carbocycles. The van der Waals surface area contributed by atoms with Gasteiger partial charge in [0, 0.05) is 18.3 Å². The minimum absolute atomic E-state index is 0.0583. The van der Waals surface area contributed by atoms with Crippen LogP contribution in [0, 0.1) is 52.8 Å². The molecule has 0 aromatic rings. The molecule has 5 rings (SSSR count). The Balaban J connectivity index is 1.35. The topological polar surface area (TPSA) is 57.5 Å². The summed E-state index contributed by atoms with van der Waals surface area (Å²) in [5, 5.41) is 20.4. The molecule has 0 bridgehead atoms. The third kappa shape index (κ3) is 2.99. The zero-order valence-electron chi connectivity index (χ0n) is 17.1. The quantitative estimate of drug-likeness (QED) is 0.563. The number of hydrogen-bond acceptors (Lipinski definition) is 3. The van der Waals surface area contributed by atoms with Crippen molar-refractivity contribution in [2.45, 2.75) is 76.7 Å². The molecule has 4 fully saturated rings. The fraction of sp³-hybridized carbons (Fsp3) is 0.800. The number of rotatable bonds is 2. The molecule has 0 unspecified atom stereocenters. The molecule has 0 amide bonds. The average molecular weight is 383 g/mol. The van der Waals surface area contributed by atoms with Crippen molar-refractivity contribution in [2.24, 2.45) is 40.9 Å². The van der Waals surface area contributed by atoms with E-state index in [1.165, 1.54) is 24.8 Å². The van der Waals surface area contributed by atoms with Crippen LogP contribution in [-0.4, -0.2) is 28.2 Å². The van der Waals surface area contributed by atoms with Crippen molar-refractivity contribution in [3.05, 3.63) is 11.6 Å². The number of allylic oxidation sites excluding steroid dienone is 1. The lowest BCUT2D eigenvalue weighted by Crippen LogP contribution is -2.48. The van der Waals surface area contributed by atoms with Gasteiger partial charge in [-0.15, -0.1) is 0 Å². The number of carbonyl (C=O) groups excluding carboxylic acids is 1. The smallest absolute Gasteiger partial charge is 0.161 e. The highest BCUT2D eigenvalue weighted by molar-refractivity contribution is 5.83. The van der Waals surface area contributed by atoms with E-state index >= 15 is 0 Å². The normalized spacial score (nSPS) is 47.1. The van der Waals surface area contributed by atoms with E-state index in [2.05, 4.69) is 24.8 Å². The van der Waals surface area contributed by atoms with Crippen molar-refractivity contribution < 1.29 is 15.0 Å². The highest BCUT2D eigenvalue weighted by Crippen LogP contribution is 2.63. The van der Waals surface area contributed by atoms with Gasteiger partial charge in [0.2, 0.25) is 0 Å². The van der Waals surface area contributed by atoms with Gasteiger partial charge < -0.3 is 10.2 Å². The average Bonchev–Trinajstić information content (AvgIpc) is 3.45. The lowest BCUT2D eigenvalue weighted by atomic mass is 9.51. The van der Waals surface area contributed by atoms with Crippen LogP contribution in [0.3, 0.4) is 0 Å². The molecule has 0 heterocycles. The first kappa shape index (κ1) is 18.9. The van der Waals surface area contributed by atoms with Gasteiger partial charge in [0.1, 0.15) is 12.2 Å². The molecule has 152 valence electrons. The van der Waals surface area contributed by atoms with Gasteiger partial charge in [0.05, 0.1) is 0 Å². The molecule has 5 aliphatic carbocycles. The predicted molar refractivity (Wildman–Crippen MR) is 108 cm³/mol. The molecule has 3 heteroatoms. The Morgan fingerprint density at radius 3 is 2.71 bits per heavy atom. The zero-order valence-corrected chi connectivity index (χ0v) is 17.1. The van der Waals surface area contributed by atoms with Crippen molar-refractivity contribution in [1.29, 1.82) is 0 Å². The number of ketones is 1. The lowest BCUT2D eigenvalue weighted by Gasteiger charge is -2.54.